The Morgan fingerprint density at radius 1 is 1.26 bits per heavy atom. The number of likely N-dealkylation sites (tertiary alicyclic amines) is 1. The number of hydrogen-bond donors (Lipinski definition) is 2. The van der Waals surface area contributed by atoms with Crippen LogP contribution in [-0.2, 0) is 6.54 Å². The molecule has 1 fully saturated rings. The molecule has 0 saturated carbocycles. The lowest BCUT2D eigenvalue weighted by atomic mass is 10.1. The van der Waals surface area contributed by atoms with Gasteiger partial charge in [-0.15, -0.1) is 0 Å². The molecule has 144 valence electrons. The molecule has 0 spiro atoms. The van der Waals surface area contributed by atoms with Crippen molar-refractivity contribution >= 4 is 11.7 Å². The van der Waals surface area contributed by atoms with Crippen LogP contribution in [0.15, 0.2) is 48.5 Å². The highest BCUT2D eigenvalue weighted by atomic mass is 19.1. The van der Waals surface area contributed by atoms with Gasteiger partial charge in [0, 0.05) is 25.7 Å². The maximum atomic E-state index is 13.9. The Labute approximate surface area is 159 Å². The lowest BCUT2D eigenvalue weighted by Crippen LogP contribution is -2.31. The molecule has 3 rings (SSSR count). The fraction of sp³-hybridized carbons (Fsp3) is 0.381. The van der Waals surface area contributed by atoms with Gasteiger partial charge in [-0.3, -0.25) is 4.90 Å². The maximum absolute atomic E-state index is 13.9. The largest absolute Gasteiger partial charge is 0.497 e. The molecular weight excluding hydrogens is 345 g/mol. The molecule has 2 aromatic carbocycles. The van der Waals surface area contributed by atoms with Gasteiger partial charge in [0.1, 0.15) is 11.6 Å². The predicted molar refractivity (Wildman–Crippen MR) is 104 cm³/mol. The van der Waals surface area contributed by atoms with Crippen molar-refractivity contribution in [2.24, 2.45) is 5.92 Å². The zero-order chi connectivity index (χ0) is 19.1. The van der Waals surface area contributed by atoms with E-state index in [2.05, 4.69) is 39.8 Å². The molecule has 1 aliphatic rings. The highest BCUT2D eigenvalue weighted by molar-refractivity contribution is 5.89. The average molecular weight is 371 g/mol. The summed E-state index contributed by atoms with van der Waals surface area (Å²) in [7, 11) is 1.47. The zero-order valence-corrected chi connectivity index (χ0v) is 15.6. The Hall–Kier alpha value is -2.60. The molecule has 2 aromatic rings. The van der Waals surface area contributed by atoms with Crippen molar-refractivity contribution in [1.29, 1.82) is 0 Å². The van der Waals surface area contributed by atoms with Gasteiger partial charge < -0.3 is 15.4 Å². The lowest BCUT2D eigenvalue weighted by molar-refractivity contribution is 0.251. The molecule has 6 heteroatoms. The highest BCUT2D eigenvalue weighted by Crippen LogP contribution is 2.22. The van der Waals surface area contributed by atoms with Gasteiger partial charge in [0.15, 0.2) is 0 Å². The molecule has 1 aliphatic heterocycles. The van der Waals surface area contributed by atoms with E-state index >= 15 is 0 Å². The minimum atomic E-state index is -0.517. The topological polar surface area (TPSA) is 53.6 Å². The second-order valence-corrected chi connectivity index (χ2v) is 6.89. The minimum absolute atomic E-state index is 0.142. The van der Waals surface area contributed by atoms with Gasteiger partial charge in [-0.05, 0) is 43.0 Å². The molecule has 1 unspecified atom stereocenters. The van der Waals surface area contributed by atoms with Crippen LogP contribution in [-0.4, -0.2) is 37.7 Å². The van der Waals surface area contributed by atoms with Gasteiger partial charge >= 0.3 is 6.03 Å². The van der Waals surface area contributed by atoms with Crippen LogP contribution in [0.3, 0.4) is 0 Å². The summed E-state index contributed by atoms with van der Waals surface area (Å²) in [6.07, 6.45) is 2.06. The number of halogens is 1. The molecule has 2 N–H and O–H groups in total. The van der Waals surface area contributed by atoms with Crippen molar-refractivity contribution in [2.75, 3.05) is 32.1 Å². The summed E-state index contributed by atoms with van der Waals surface area (Å²) in [4.78, 5) is 14.4. The smallest absolute Gasteiger partial charge is 0.319 e. The van der Waals surface area contributed by atoms with Crippen LogP contribution in [0.25, 0.3) is 0 Å². The molecule has 0 bridgehead atoms. The van der Waals surface area contributed by atoms with Crippen molar-refractivity contribution in [1.82, 2.24) is 10.2 Å². The molecule has 0 aliphatic carbocycles. The molecule has 2 amide bonds. The SMILES string of the molecule is COc1ccc(NC(=O)NCCC2CCN(Cc3ccccc3)C2)c(F)c1. The normalized spacial score (nSPS) is 16.9. The van der Waals surface area contributed by atoms with Crippen LogP contribution < -0.4 is 15.4 Å². The van der Waals surface area contributed by atoms with Crippen molar-refractivity contribution in [2.45, 2.75) is 19.4 Å². The molecule has 1 heterocycles. The van der Waals surface area contributed by atoms with E-state index in [4.69, 9.17) is 4.74 Å². The number of amides is 2. The molecular formula is C21H26FN3O2. The number of ether oxygens (including phenoxy) is 1. The fourth-order valence-electron chi connectivity index (χ4n) is 3.41. The molecule has 27 heavy (non-hydrogen) atoms. The number of anilines is 1. The Kier molecular flexibility index (Phi) is 6.65. The Morgan fingerprint density at radius 2 is 2.07 bits per heavy atom. The summed E-state index contributed by atoms with van der Waals surface area (Å²) in [5.74, 6) is 0.475. The van der Waals surface area contributed by atoms with E-state index in [0.29, 0.717) is 18.2 Å². The van der Waals surface area contributed by atoms with Crippen molar-refractivity contribution < 1.29 is 13.9 Å². The van der Waals surface area contributed by atoms with Crippen LogP contribution >= 0.6 is 0 Å². The van der Waals surface area contributed by atoms with Crippen molar-refractivity contribution in [3.05, 3.63) is 59.9 Å². The number of nitrogens with one attached hydrogen (secondary N) is 2. The highest BCUT2D eigenvalue weighted by Gasteiger charge is 2.22. The van der Waals surface area contributed by atoms with E-state index in [-0.39, 0.29) is 5.69 Å². The van der Waals surface area contributed by atoms with Gasteiger partial charge in [-0.25, -0.2) is 9.18 Å². The molecule has 5 nitrogen and oxygen atoms in total. The van der Waals surface area contributed by atoms with E-state index in [1.54, 1.807) is 6.07 Å². The second-order valence-electron chi connectivity index (χ2n) is 6.89. The maximum Gasteiger partial charge on any atom is 0.319 e. The Morgan fingerprint density at radius 3 is 2.81 bits per heavy atom. The minimum Gasteiger partial charge on any atom is -0.497 e. The number of carbonyl (C=O) groups excluding carboxylic acids is 1. The monoisotopic (exact) mass is 371 g/mol. The molecule has 0 aromatic heterocycles. The molecule has 0 radical (unpaired) electrons. The van der Waals surface area contributed by atoms with Crippen molar-refractivity contribution in [3.8, 4) is 5.75 Å². The predicted octanol–water partition coefficient (Wildman–Crippen LogP) is 3.87. The molecule has 1 saturated heterocycles. The first-order chi connectivity index (χ1) is 13.1. The number of hydrogen-bond acceptors (Lipinski definition) is 3. The number of urea groups is 1. The van der Waals surface area contributed by atoms with E-state index in [9.17, 15) is 9.18 Å². The fourth-order valence-corrected chi connectivity index (χ4v) is 3.41. The van der Waals surface area contributed by atoms with Crippen LogP contribution in [0.4, 0.5) is 14.9 Å². The van der Waals surface area contributed by atoms with Gasteiger partial charge in [0.2, 0.25) is 0 Å². The van der Waals surface area contributed by atoms with Gasteiger partial charge in [-0.1, -0.05) is 30.3 Å². The number of benzene rings is 2. The number of carbonyl (C=O) groups is 1. The van der Waals surface area contributed by atoms with Crippen LogP contribution in [0.1, 0.15) is 18.4 Å². The third-order valence-electron chi connectivity index (χ3n) is 4.88. The lowest BCUT2D eigenvalue weighted by Gasteiger charge is -2.16. The van der Waals surface area contributed by atoms with Crippen LogP contribution in [0.5, 0.6) is 5.75 Å². The Bertz CT molecular complexity index is 754. The third-order valence-corrected chi connectivity index (χ3v) is 4.88. The number of methoxy groups -OCH3 is 1. The molecule has 1 atom stereocenters. The summed E-state index contributed by atoms with van der Waals surface area (Å²) in [5, 5.41) is 5.35. The third kappa shape index (κ3) is 5.69. The van der Waals surface area contributed by atoms with Crippen LogP contribution in [0, 0.1) is 11.7 Å². The van der Waals surface area contributed by atoms with E-state index < -0.39 is 11.8 Å². The first-order valence-corrected chi connectivity index (χ1v) is 9.28. The zero-order valence-electron chi connectivity index (χ0n) is 15.6. The van der Waals surface area contributed by atoms with E-state index in [1.165, 1.54) is 24.8 Å². The Balaban J connectivity index is 1.37. The summed E-state index contributed by atoms with van der Waals surface area (Å²) in [5.41, 5.74) is 1.47. The van der Waals surface area contributed by atoms with Gasteiger partial charge in [-0.2, -0.15) is 0 Å². The summed E-state index contributed by atoms with van der Waals surface area (Å²) < 4.78 is 18.8. The second kappa shape index (κ2) is 9.37. The first kappa shape index (κ1) is 19.2. The standard InChI is InChI=1S/C21H26FN3O2/c1-27-18-7-8-20(19(22)13-18)24-21(26)23-11-9-17-10-12-25(15-17)14-16-5-3-2-4-6-16/h2-8,13,17H,9-12,14-15H2,1H3,(H2,23,24,26). The summed E-state index contributed by atoms with van der Waals surface area (Å²) in [6.45, 7) is 3.68. The average Bonchev–Trinajstić information content (AvgIpc) is 3.11. The number of nitrogens with zero attached hydrogens (tertiary/aromatic N) is 1. The summed E-state index contributed by atoms with van der Waals surface area (Å²) in [6, 6.07) is 14.4. The van der Waals surface area contributed by atoms with E-state index in [0.717, 1.165) is 32.5 Å². The number of rotatable bonds is 7. The van der Waals surface area contributed by atoms with Crippen molar-refractivity contribution in [3.63, 3.8) is 0 Å². The first-order valence-electron chi connectivity index (χ1n) is 9.28. The quantitative estimate of drug-likeness (QED) is 0.777. The van der Waals surface area contributed by atoms with Crippen LogP contribution in [0.2, 0.25) is 0 Å². The van der Waals surface area contributed by atoms with Gasteiger partial charge in [0.05, 0.1) is 12.8 Å². The van der Waals surface area contributed by atoms with Gasteiger partial charge in [0.25, 0.3) is 0 Å². The summed E-state index contributed by atoms with van der Waals surface area (Å²) >= 11 is 0. The van der Waals surface area contributed by atoms with E-state index in [1.807, 2.05) is 6.07 Å².